The number of nitrogens with one attached hydrogen (secondary N) is 1. The maximum atomic E-state index is 12.9. The van der Waals surface area contributed by atoms with E-state index in [1.54, 1.807) is 12.3 Å². The van der Waals surface area contributed by atoms with Crippen LogP contribution in [0.1, 0.15) is 24.5 Å². The van der Waals surface area contributed by atoms with Gasteiger partial charge in [0.2, 0.25) is 5.13 Å². The number of aryl methyl sites for hydroxylation is 1. The standard InChI is InChI=1S/C24H18N4O2S2.H2/c1-2-19-17(14-20(30-19)15-8-4-3-5-9-15)22(29)26-23-27-28-24(32-23)31-21-12-13-25-18-11-7-6-10-16(18)21;/h3-14H,2H2,1H3,(H,26,27,29);1H. The molecule has 160 valence electrons. The molecule has 0 radical (unpaired) electrons. The van der Waals surface area contributed by atoms with Crippen LogP contribution in [0, 0.1) is 0 Å². The normalized spacial score (nSPS) is 11.0. The van der Waals surface area contributed by atoms with Crippen LogP contribution in [-0.4, -0.2) is 21.1 Å². The fraction of sp³-hybridized carbons (Fsp3) is 0.0833. The van der Waals surface area contributed by atoms with Crippen molar-refractivity contribution in [3.8, 4) is 11.3 Å². The highest BCUT2D eigenvalue weighted by Gasteiger charge is 2.19. The van der Waals surface area contributed by atoms with Gasteiger partial charge in [0.25, 0.3) is 5.91 Å². The van der Waals surface area contributed by atoms with Crippen LogP contribution in [0.15, 0.2) is 86.6 Å². The highest BCUT2D eigenvalue weighted by molar-refractivity contribution is 8.01. The van der Waals surface area contributed by atoms with Gasteiger partial charge in [-0.3, -0.25) is 15.1 Å². The third-order valence-electron chi connectivity index (χ3n) is 4.87. The molecule has 0 aliphatic carbocycles. The number of furan rings is 1. The third kappa shape index (κ3) is 4.15. The van der Waals surface area contributed by atoms with Gasteiger partial charge in [0, 0.05) is 29.9 Å². The van der Waals surface area contributed by atoms with Crippen LogP contribution < -0.4 is 5.32 Å². The summed E-state index contributed by atoms with van der Waals surface area (Å²) in [7, 11) is 0. The minimum absolute atomic E-state index is 0. The van der Waals surface area contributed by atoms with Crippen LogP contribution >= 0.6 is 23.1 Å². The van der Waals surface area contributed by atoms with E-state index in [9.17, 15) is 4.79 Å². The molecular weight excluding hydrogens is 440 g/mol. The summed E-state index contributed by atoms with van der Waals surface area (Å²) < 4.78 is 6.67. The Kier molecular flexibility index (Phi) is 5.70. The summed E-state index contributed by atoms with van der Waals surface area (Å²) in [5, 5.41) is 12.7. The summed E-state index contributed by atoms with van der Waals surface area (Å²) in [5.74, 6) is 1.06. The van der Waals surface area contributed by atoms with Gasteiger partial charge >= 0.3 is 0 Å². The van der Waals surface area contributed by atoms with Gasteiger partial charge in [-0.05, 0) is 18.2 Å². The molecule has 3 aromatic heterocycles. The Morgan fingerprint density at radius 1 is 1.09 bits per heavy atom. The molecule has 3 heterocycles. The number of rotatable bonds is 6. The molecule has 0 unspecified atom stereocenters. The molecule has 0 saturated carbocycles. The van der Waals surface area contributed by atoms with Gasteiger partial charge in [0.1, 0.15) is 11.5 Å². The molecule has 1 N–H and O–H groups in total. The number of carbonyl (C=O) groups excluding carboxylic acids is 1. The number of carbonyl (C=O) groups is 1. The zero-order valence-electron chi connectivity index (χ0n) is 17.1. The Morgan fingerprint density at radius 2 is 1.91 bits per heavy atom. The number of benzene rings is 2. The van der Waals surface area contributed by atoms with E-state index in [0.717, 1.165) is 25.7 Å². The second kappa shape index (κ2) is 8.94. The summed E-state index contributed by atoms with van der Waals surface area (Å²) >= 11 is 2.84. The molecule has 0 saturated heterocycles. The molecule has 0 bridgehead atoms. The van der Waals surface area contributed by atoms with Crippen molar-refractivity contribution in [3.05, 3.63) is 84.3 Å². The zero-order chi connectivity index (χ0) is 21.9. The lowest BCUT2D eigenvalue weighted by atomic mass is 10.1. The van der Waals surface area contributed by atoms with Crippen LogP contribution in [0.25, 0.3) is 22.2 Å². The SMILES string of the molecule is CCc1oc(-c2ccccc2)cc1C(=O)Nc1nnc(Sc2ccnc3ccccc23)s1.[HH]. The first kappa shape index (κ1) is 20.4. The van der Waals surface area contributed by atoms with E-state index in [2.05, 4.69) is 20.5 Å². The van der Waals surface area contributed by atoms with Gasteiger partial charge in [-0.25, -0.2) is 0 Å². The predicted molar refractivity (Wildman–Crippen MR) is 129 cm³/mol. The molecule has 8 heteroatoms. The van der Waals surface area contributed by atoms with Gasteiger partial charge in [0.05, 0.1) is 11.1 Å². The largest absolute Gasteiger partial charge is 0.460 e. The molecule has 0 aliphatic rings. The van der Waals surface area contributed by atoms with Crippen molar-refractivity contribution in [2.45, 2.75) is 22.6 Å². The number of hydrogen-bond acceptors (Lipinski definition) is 7. The smallest absolute Gasteiger partial charge is 0.261 e. The van der Waals surface area contributed by atoms with E-state index in [1.165, 1.54) is 23.1 Å². The number of fused-ring (bicyclic) bond motifs is 1. The van der Waals surface area contributed by atoms with Crippen molar-refractivity contribution < 1.29 is 10.6 Å². The minimum atomic E-state index is -0.255. The monoisotopic (exact) mass is 460 g/mol. The molecule has 6 nitrogen and oxygen atoms in total. The Bertz CT molecular complexity index is 1400. The van der Waals surface area contributed by atoms with Crippen LogP contribution in [0.2, 0.25) is 0 Å². The third-order valence-corrected chi connectivity index (χ3v) is 6.83. The van der Waals surface area contributed by atoms with Crippen molar-refractivity contribution in [2.75, 3.05) is 5.32 Å². The van der Waals surface area contributed by atoms with Crippen LogP contribution in [-0.2, 0) is 6.42 Å². The van der Waals surface area contributed by atoms with E-state index in [4.69, 9.17) is 4.42 Å². The van der Waals surface area contributed by atoms with E-state index in [0.29, 0.717) is 28.6 Å². The lowest BCUT2D eigenvalue weighted by Gasteiger charge is -2.02. The number of hydrogen-bond donors (Lipinski definition) is 1. The minimum Gasteiger partial charge on any atom is -0.460 e. The fourth-order valence-corrected chi connectivity index (χ4v) is 5.17. The van der Waals surface area contributed by atoms with Gasteiger partial charge in [-0.1, -0.05) is 78.6 Å². The van der Waals surface area contributed by atoms with Gasteiger partial charge in [-0.2, -0.15) is 0 Å². The van der Waals surface area contributed by atoms with Crippen molar-refractivity contribution in [3.63, 3.8) is 0 Å². The number of nitrogens with zero attached hydrogens (tertiary/aromatic N) is 3. The number of aromatic nitrogens is 3. The Labute approximate surface area is 194 Å². The number of para-hydroxylation sites is 1. The summed E-state index contributed by atoms with van der Waals surface area (Å²) in [4.78, 5) is 18.4. The first-order valence-electron chi connectivity index (χ1n) is 10.1. The average Bonchev–Trinajstić information content (AvgIpc) is 3.47. The molecule has 5 aromatic rings. The summed E-state index contributed by atoms with van der Waals surface area (Å²) in [6.45, 7) is 1.96. The van der Waals surface area contributed by atoms with E-state index < -0.39 is 0 Å². The molecule has 0 fully saturated rings. The van der Waals surface area contributed by atoms with Crippen molar-refractivity contribution in [1.82, 2.24) is 15.2 Å². The predicted octanol–water partition coefficient (Wildman–Crippen LogP) is 6.56. The molecule has 0 atom stereocenters. The van der Waals surface area contributed by atoms with Gasteiger partial charge in [-0.15, -0.1) is 10.2 Å². The first-order valence-corrected chi connectivity index (χ1v) is 11.7. The fourth-order valence-electron chi connectivity index (χ4n) is 3.35. The molecule has 2 aromatic carbocycles. The van der Waals surface area contributed by atoms with Crippen LogP contribution in [0.5, 0.6) is 0 Å². The summed E-state index contributed by atoms with van der Waals surface area (Å²) in [5.41, 5.74) is 2.37. The number of anilines is 1. The van der Waals surface area contributed by atoms with Crippen LogP contribution in [0.3, 0.4) is 0 Å². The van der Waals surface area contributed by atoms with Gasteiger partial charge < -0.3 is 4.42 Å². The topological polar surface area (TPSA) is 80.9 Å². The summed E-state index contributed by atoms with van der Waals surface area (Å²) in [6.07, 6.45) is 2.39. The number of pyridine rings is 1. The van der Waals surface area contributed by atoms with Crippen molar-refractivity contribution in [2.24, 2.45) is 0 Å². The zero-order valence-corrected chi connectivity index (χ0v) is 18.7. The molecular formula is C24H20N4O2S2. The highest BCUT2D eigenvalue weighted by Crippen LogP contribution is 2.35. The Hall–Kier alpha value is -3.49. The second-order valence-corrected chi connectivity index (χ2v) is 9.19. The first-order chi connectivity index (χ1) is 15.7. The molecule has 0 spiro atoms. The molecule has 5 rings (SSSR count). The van der Waals surface area contributed by atoms with E-state index >= 15 is 0 Å². The van der Waals surface area contributed by atoms with Gasteiger partial charge in [0.15, 0.2) is 4.34 Å². The second-order valence-electron chi connectivity index (χ2n) is 6.92. The van der Waals surface area contributed by atoms with Crippen LogP contribution in [0.4, 0.5) is 5.13 Å². The highest BCUT2D eigenvalue weighted by atomic mass is 32.2. The van der Waals surface area contributed by atoms with Crippen molar-refractivity contribution >= 4 is 45.0 Å². The van der Waals surface area contributed by atoms with E-state index in [1.807, 2.05) is 67.6 Å². The van der Waals surface area contributed by atoms with Crippen molar-refractivity contribution in [1.29, 1.82) is 0 Å². The number of amides is 1. The Balaban J connectivity index is 0.00000259. The summed E-state index contributed by atoms with van der Waals surface area (Å²) in [6, 6.07) is 21.4. The van der Waals surface area contributed by atoms with E-state index in [-0.39, 0.29) is 7.33 Å². The quantitative estimate of drug-likeness (QED) is 0.289. The maximum absolute atomic E-state index is 12.9. The molecule has 0 aliphatic heterocycles. The Morgan fingerprint density at radius 3 is 2.75 bits per heavy atom. The lowest BCUT2D eigenvalue weighted by Crippen LogP contribution is -2.12. The lowest BCUT2D eigenvalue weighted by molar-refractivity contribution is 0.102. The average molecular weight is 461 g/mol. The maximum Gasteiger partial charge on any atom is 0.261 e. The molecule has 32 heavy (non-hydrogen) atoms. The molecule has 1 amide bonds.